The number of aliphatic carboxylic acids is 1. The lowest BCUT2D eigenvalue weighted by Crippen LogP contribution is -2.61. The normalized spacial score (nSPS) is 14.8. The molecule has 0 unspecified atom stereocenters. The van der Waals surface area contributed by atoms with E-state index in [0.717, 1.165) is 0 Å². The smallest absolute Gasteiger partial charge is 0.326 e. The van der Waals surface area contributed by atoms with Crippen molar-refractivity contribution in [1.82, 2.24) is 105 Å². The van der Waals surface area contributed by atoms with Gasteiger partial charge in [-0.2, -0.15) is 0 Å². The van der Waals surface area contributed by atoms with Gasteiger partial charge in [-0.25, -0.2) is 14.8 Å². The van der Waals surface area contributed by atoms with Gasteiger partial charge in [-0.1, -0.05) is 79.7 Å². The van der Waals surface area contributed by atoms with Crippen molar-refractivity contribution in [2.75, 3.05) is 19.6 Å². The van der Waals surface area contributed by atoms with Crippen LogP contribution in [0.3, 0.4) is 0 Å². The van der Waals surface area contributed by atoms with Crippen LogP contribution >= 0.6 is 0 Å². The predicted octanol–water partition coefficient (Wildman–Crippen LogP) is -5.89. The minimum absolute atomic E-state index is 0.00232. The molecule has 0 bridgehead atoms. The van der Waals surface area contributed by atoms with E-state index < -0.39 is 240 Å². The first kappa shape index (κ1) is 112. The van der Waals surface area contributed by atoms with Crippen molar-refractivity contribution in [2.24, 2.45) is 52.3 Å². The molecule has 0 spiro atoms. The highest BCUT2D eigenvalue weighted by Crippen LogP contribution is 2.18. The molecule has 31 N–H and O–H groups in total. The third-order valence-electron chi connectivity index (χ3n) is 21.0. The number of aromatic hydroxyl groups is 2. The number of primary amides is 2. The molecule has 0 aliphatic rings. The minimum Gasteiger partial charge on any atom is -0.508 e. The molecule has 0 aliphatic carbocycles. The number of amides is 18. The monoisotopic (exact) mass is 1870 g/mol. The number of carboxylic acids is 1. The van der Waals surface area contributed by atoms with Gasteiger partial charge in [0.15, 0.2) is 0 Å². The summed E-state index contributed by atoms with van der Waals surface area (Å²) < 4.78 is 0. The Morgan fingerprint density at radius 2 is 0.692 bits per heavy atom. The fraction of sp³-hybridized carbons (Fsp3) is 0.570. The first-order valence-electron chi connectivity index (χ1n) is 43.9. The van der Waals surface area contributed by atoms with Crippen molar-refractivity contribution < 1.29 is 106 Å². The Kier molecular flexibility index (Phi) is 47.1. The van der Waals surface area contributed by atoms with Crippen LogP contribution in [-0.4, -0.2) is 264 Å². The van der Waals surface area contributed by atoms with Gasteiger partial charge in [0.1, 0.15) is 102 Å². The lowest BCUT2D eigenvalue weighted by molar-refractivity contribution is -0.142. The number of carbonyl (C=O) groups is 19. The second kappa shape index (κ2) is 56.1. The van der Waals surface area contributed by atoms with E-state index in [9.17, 15) is 106 Å². The molecule has 4 aromatic rings. The fourth-order valence-electron chi connectivity index (χ4n) is 13.3. The number of nitrogens with zero attached hydrogens (tertiary/aromatic N) is 2. The van der Waals surface area contributed by atoms with Gasteiger partial charge in [0, 0.05) is 38.1 Å². The summed E-state index contributed by atoms with van der Waals surface area (Å²) in [4.78, 5) is 273. The van der Waals surface area contributed by atoms with Crippen LogP contribution in [0.4, 0.5) is 0 Å². The molecule has 47 heteroatoms. The zero-order valence-electron chi connectivity index (χ0n) is 76.9. The molecule has 0 radical (unpaired) electrons. The maximum Gasteiger partial charge on any atom is 0.326 e. The Morgan fingerprint density at radius 1 is 0.353 bits per heavy atom. The molecule has 18 amide bonds. The maximum absolute atomic E-state index is 14.5. The summed E-state index contributed by atoms with van der Waals surface area (Å²) in [6, 6.07) is -11.3. The highest BCUT2D eigenvalue weighted by atomic mass is 16.4. The predicted molar refractivity (Wildman–Crippen MR) is 481 cm³/mol. The number of benzene rings is 2. The Labute approximate surface area is 769 Å². The zero-order valence-corrected chi connectivity index (χ0v) is 76.9. The summed E-state index contributed by atoms with van der Waals surface area (Å²) >= 11 is 0. The Hall–Kier alpha value is -13.7. The van der Waals surface area contributed by atoms with Crippen LogP contribution in [0, 0.1) is 23.7 Å². The van der Waals surface area contributed by atoms with Gasteiger partial charge < -0.3 is 139 Å². The van der Waals surface area contributed by atoms with E-state index in [2.05, 4.69) is 105 Å². The summed E-state index contributed by atoms with van der Waals surface area (Å²) in [5.41, 5.74) is 30.2. The molecule has 2 aromatic carbocycles. The highest BCUT2D eigenvalue weighted by molar-refractivity contribution is 6.01. The van der Waals surface area contributed by atoms with Crippen molar-refractivity contribution in [3.05, 3.63) is 96.1 Å². The molecule has 734 valence electrons. The summed E-state index contributed by atoms with van der Waals surface area (Å²) in [7, 11) is 0. The van der Waals surface area contributed by atoms with E-state index in [0.29, 0.717) is 36.1 Å². The molecular formula is C86H133N25O22. The second-order valence-corrected chi connectivity index (χ2v) is 34.0. The number of aromatic nitrogens is 4. The number of carbonyl (C=O) groups excluding carboxylic acids is 18. The van der Waals surface area contributed by atoms with E-state index in [-0.39, 0.29) is 100 Å². The molecule has 16 atom stereocenters. The molecule has 133 heavy (non-hydrogen) atoms. The van der Waals surface area contributed by atoms with Gasteiger partial charge in [-0.15, -0.1) is 0 Å². The van der Waals surface area contributed by atoms with Crippen molar-refractivity contribution in [1.29, 1.82) is 0 Å². The number of H-pyrrole nitrogens is 2. The molecule has 2 heterocycles. The van der Waals surface area contributed by atoms with E-state index in [1.807, 2.05) is 0 Å². The number of phenols is 2. The Morgan fingerprint density at radius 3 is 1.11 bits per heavy atom. The van der Waals surface area contributed by atoms with Gasteiger partial charge >= 0.3 is 5.97 Å². The van der Waals surface area contributed by atoms with Gasteiger partial charge in [0.25, 0.3) is 0 Å². The molecule has 4 rings (SSSR count). The third kappa shape index (κ3) is 39.9. The number of carboxylic acid groups (broad SMARTS) is 1. The minimum atomic E-state index is -1.78. The maximum atomic E-state index is 14.5. The lowest BCUT2D eigenvalue weighted by Gasteiger charge is -2.29. The van der Waals surface area contributed by atoms with Crippen LogP contribution in [-0.2, 0) is 117 Å². The highest BCUT2D eigenvalue weighted by Gasteiger charge is 2.39. The largest absolute Gasteiger partial charge is 0.508 e. The number of hydrogen-bond acceptors (Lipinski definition) is 26. The molecule has 0 aliphatic heterocycles. The van der Waals surface area contributed by atoms with Crippen LogP contribution in [0.2, 0.25) is 0 Å². The number of phenolic OH excluding ortho intramolecular Hbond substituents is 2. The number of rotatable bonds is 59. The summed E-state index contributed by atoms with van der Waals surface area (Å²) in [5.74, 6) is -20.3. The average molecular weight is 1870 g/mol. The molecule has 0 fully saturated rings. The lowest BCUT2D eigenvalue weighted by atomic mass is 9.98. The van der Waals surface area contributed by atoms with Crippen molar-refractivity contribution in [3.8, 4) is 11.5 Å². The first-order valence-corrected chi connectivity index (χ1v) is 43.9. The molecule has 0 saturated heterocycles. The Bertz CT molecular complexity index is 4570. The van der Waals surface area contributed by atoms with Crippen molar-refractivity contribution in [2.45, 2.75) is 270 Å². The van der Waals surface area contributed by atoms with Crippen LogP contribution in [0.1, 0.15) is 170 Å². The van der Waals surface area contributed by atoms with Crippen LogP contribution in [0.5, 0.6) is 11.5 Å². The number of nitrogens with one attached hydrogen (secondary N) is 18. The number of hydrogen-bond donors (Lipinski definition) is 26. The van der Waals surface area contributed by atoms with Crippen molar-refractivity contribution >= 4 is 112 Å². The molecule has 0 saturated carbocycles. The van der Waals surface area contributed by atoms with E-state index in [1.165, 1.54) is 103 Å². The standard InChI is InChI=1S/C86H133N25O22/c1-42(2)31-60(79(125)97-48(11)73(119)105-62(34-52-37-92-40-95-52)82(128)103-57(17-13-15-29-87)76(122)107-61(33-51-21-25-55(113)26-22-51)81(127)108-64(86(132)133)35-53-38-93-41-96-53)104-72(118)47(10)98-80(126)63(36-66(91)115)106-74(120)49(12)100-83(129)68(43(3)4)109-67(116)39-94-71(117)46(9)99-84(130)69(44(5)6)111-85(131)70(45(7)8)110-78(124)58(18-14-16-30-88)102-77(123)59(27-28-65(90)114)101-75(121)56(89)32-50-19-23-54(112)24-20-50/h19-26,37-38,40-49,56-64,68-70,112-113H,13-18,27-36,39,87-89H2,1-12H3,(H2,90,114)(H2,91,115)(H,92,95)(H,93,96)(H,94,117)(H,97,125)(H,98,126)(H,99,130)(H,100,129)(H,101,121)(H,102,123)(H,103,128)(H,104,118)(H,105,119)(H,106,120)(H,107,122)(H,108,127)(H,109,116)(H,110,124)(H,111,131)(H,132,133)/t46-,47-,48-,49-,56-,57-,58-,59-,60-,61-,62-,63-,64-,68-,69-,70-/m0/s1. The number of unbranched alkanes of at least 4 members (excludes halogenated alkanes) is 2. The summed E-state index contributed by atoms with van der Waals surface area (Å²) in [6.45, 7) is 17.5. The van der Waals surface area contributed by atoms with Crippen molar-refractivity contribution in [3.63, 3.8) is 0 Å². The zero-order chi connectivity index (χ0) is 99.6. The fourth-order valence-corrected chi connectivity index (χ4v) is 13.3. The van der Waals surface area contributed by atoms with E-state index >= 15 is 0 Å². The average Bonchev–Trinajstić information content (AvgIpc) is 1.86. The molecule has 47 nitrogen and oxygen atoms in total. The molecular weight excluding hydrogens is 1740 g/mol. The topological polar surface area (TPSA) is 765 Å². The van der Waals surface area contributed by atoms with Crippen LogP contribution < -0.4 is 114 Å². The second-order valence-electron chi connectivity index (χ2n) is 34.0. The van der Waals surface area contributed by atoms with Crippen LogP contribution in [0.15, 0.2) is 73.6 Å². The van der Waals surface area contributed by atoms with E-state index in [1.54, 1.807) is 53.7 Å². The van der Waals surface area contributed by atoms with Gasteiger partial charge in [0.05, 0.1) is 43.0 Å². The van der Waals surface area contributed by atoms with Gasteiger partial charge in [-0.3, -0.25) is 86.3 Å². The quantitative estimate of drug-likeness (QED) is 0.0183. The molecule has 2 aromatic heterocycles. The summed E-state index contributed by atoms with van der Waals surface area (Å²) in [5, 5.41) is 69.9. The third-order valence-corrected chi connectivity index (χ3v) is 21.0. The Balaban J connectivity index is 1.37. The number of aromatic amines is 2. The number of imidazole rings is 2. The number of nitrogens with two attached hydrogens (primary N) is 5. The van der Waals surface area contributed by atoms with Gasteiger partial charge in [-0.05, 0) is 158 Å². The van der Waals surface area contributed by atoms with Gasteiger partial charge in [0.2, 0.25) is 106 Å². The first-order chi connectivity index (χ1) is 62.6. The van der Waals surface area contributed by atoms with Crippen LogP contribution in [0.25, 0.3) is 0 Å². The SMILES string of the molecule is CC(C)C[C@H](NC(=O)[C@H](C)NC(=O)[C@H](CC(N)=O)NC(=O)[C@H](C)NC(=O)[C@@H](NC(=O)CNC(=O)[C@H](C)NC(=O)[C@@H](NC(=O)[C@@H](NC(=O)[C@H](CCCCN)NC(=O)[C@H](CCC(N)=O)NC(=O)[C@@H](N)Cc1ccc(O)cc1)C(C)C)C(C)C)C(C)C)C(=O)N[C@@H](C)C(=O)N[C@@H](Cc1c[nH]cn1)C(=O)N[C@@H](CCCCN)C(=O)N[C@@H](Cc1ccc(O)cc1)C(=O)N[C@@H](Cc1c[nH]cn1)C(=O)O. The van der Waals surface area contributed by atoms with E-state index in [4.69, 9.17) is 28.7 Å². The summed E-state index contributed by atoms with van der Waals surface area (Å²) in [6.07, 6.45) is 4.61.